The molecule has 0 spiro atoms. The highest BCUT2D eigenvalue weighted by molar-refractivity contribution is 5.80. The average Bonchev–Trinajstić information content (AvgIpc) is 2.72. The number of carbonyl (C=O) groups excluding carboxylic acids is 1. The fraction of sp³-hybridized carbons (Fsp3) is 0.333. The topological polar surface area (TPSA) is 71.8 Å². The Hall–Kier alpha value is -2.72. The third kappa shape index (κ3) is 6.50. The summed E-state index contributed by atoms with van der Waals surface area (Å²) in [6, 6.07) is 21.2. The molecule has 0 bridgehead atoms. The molecule has 2 aromatic rings. The Labute approximate surface area is 159 Å². The molecule has 0 aliphatic carbocycles. The van der Waals surface area contributed by atoms with Gasteiger partial charge >= 0.3 is 0 Å². The Kier molecular flexibility index (Phi) is 8.46. The lowest BCUT2D eigenvalue weighted by Gasteiger charge is -2.28. The second-order valence-corrected chi connectivity index (χ2v) is 5.93. The highest BCUT2D eigenvalue weighted by Crippen LogP contribution is 2.16. The van der Waals surface area contributed by atoms with Crippen molar-refractivity contribution >= 4 is 5.91 Å². The molecule has 1 amide bonds. The molecule has 6 heteroatoms. The van der Waals surface area contributed by atoms with Crippen molar-refractivity contribution in [3.8, 4) is 6.07 Å². The van der Waals surface area contributed by atoms with E-state index in [-0.39, 0.29) is 19.6 Å². The number of hydroxylamine groups is 2. The number of hydrogen-bond acceptors (Lipinski definition) is 5. The van der Waals surface area contributed by atoms with Crippen LogP contribution in [0.3, 0.4) is 0 Å². The molecule has 0 unspecified atom stereocenters. The van der Waals surface area contributed by atoms with Crippen LogP contribution in [0.4, 0.5) is 0 Å². The molecule has 0 saturated carbocycles. The minimum Gasteiger partial charge on any atom is -0.369 e. The second kappa shape index (κ2) is 11.1. The van der Waals surface area contributed by atoms with Crippen molar-refractivity contribution in [3.05, 3.63) is 71.8 Å². The summed E-state index contributed by atoms with van der Waals surface area (Å²) in [7, 11) is 2.90. The summed E-state index contributed by atoms with van der Waals surface area (Å²) in [6.45, 7) is 0.508. The van der Waals surface area contributed by atoms with Gasteiger partial charge in [0.15, 0.2) is 6.10 Å². The number of ether oxygens (including phenoxy) is 2. The molecule has 0 radical (unpaired) electrons. The molecular weight excluding hydrogens is 344 g/mol. The van der Waals surface area contributed by atoms with Crippen LogP contribution in [0.2, 0.25) is 0 Å². The molecule has 0 heterocycles. The zero-order valence-electron chi connectivity index (χ0n) is 15.6. The van der Waals surface area contributed by atoms with E-state index in [0.29, 0.717) is 0 Å². The van der Waals surface area contributed by atoms with Gasteiger partial charge in [0.25, 0.3) is 5.91 Å². The molecule has 2 rings (SSSR count). The van der Waals surface area contributed by atoms with Crippen LogP contribution >= 0.6 is 0 Å². The van der Waals surface area contributed by atoms with Gasteiger partial charge in [-0.25, -0.2) is 5.06 Å². The maximum atomic E-state index is 12.7. The molecule has 142 valence electrons. The van der Waals surface area contributed by atoms with Crippen LogP contribution in [0.1, 0.15) is 17.5 Å². The van der Waals surface area contributed by atoms with E-state index in [1.807, 2.05) is 60.7 Å². The molecule has 27 heavy (non-hydrogen) atoms. The predicted molar refractivity (Wildman–Crippen MR) is 100 cm³/mol. The first-order valence-electron chi connectivity index (χ1n) is 8.65. The number of nitriles is 1. The summed E-state index contributed by atoms with van der Waals surface area (Å²) in [6.07, 6.45) is -1.65. The largest absolute Gasteiger partial charge is 0.369 e. The molecule has 0 N–H and O–H groups in total. The van der Waals surface area contributed by atoms with Crippen LogP contribution in [0.25, 0.3) is 0 Å². The molecule has 2 aromatic carbocycles. The number of amides is 1. The van der Waals surface area contributed by atoms with E-state index >= 15 is 0 Å². The molecule has 2 atom stereocenters. The van der Waals surface area contributed by atoms with E-state index in [0.717, 1.165) is 16.2 Å². The molecule has 0 aliphatic heterocycles. The van der Waals surface area contributed by atoms with Crippen molar-refractivity contribution in [1.29, 1.82) is 5.26 Å². The monoisotopic (exact) mass is 368 g/mol. The van der Waals surface area contributed by atoms with E-state index in [1.54, 1.807) is 0 Å². The van der Waals surface area contributed by atoms with E-state index in [1.165, 1.54) is 14.2 Å². The fourth-order valence-corrected chi connectivity index (χ4v) is 2.49. The minimum absolute atomic E-state index is 0.0234. The van der Waals surface area contributed by atoms with Crippen LogP contribution in [0, 0.1) is 11.3 Å². The molecule has 0 aliphatic rings. The van der Waals surface area contributed by atoms with Crippen LogP contribution < -0.4 is 0 Å². The number of likely N-dealkylation sites (N-methyl/N-ethyl adjacent to an activating group) is 1. The highest BCUT2D eigenvalue weighted by Gasteiger charge is 2.33. The van der Waals surface area contributed by atoms with Crippen molar-refractivity contribution in [2.45, 2.75) is 31.8 Å². The SMILES string of the molecule is CON(C)C(=O)[C@H](OCc1ccccc1)[C@@H](CC#N)OCc1ccccc1. The standard InChI is InChI=1S/C21H24N2O4/c1-23(25-2)21(24)20(27-16-18-11-7-4-8-12-18)19(13-14-22)26-15-17-9-5-3-6-10-17/h3-12,19-20H,13,15-16H2,1-2H3/t19-,20-/m1/s1. The first kappa shape index (κ1) is 20.6. The van der Waals surface area contributed by atoms with Crippen LogP contribution in [0.5, 0.6) is 0 Å². The van der Waals surface area contributed by atoms with Crippen LogP contribution in [0.15, 0.2) is 60.7 Å². The van der Waals surface area contributed by atoms with E-state index in [4.69, 9.17) is 14.3 Å². The molecule has 0 saturated heterocycles. The van der Waals surface area contributed by atoms with Crippen LogP contribution in [-0.2, 0) is 32.3 Å². The normalized spacial score (nSPS) is 12.8. The zero-order chi connectivity index (χ0) is 19.5. The minimum atomic E-state index is -0.960. The lowest BCUT2D eigenvalue weighted by Crippen LogP contribution is -2.45. The van der Waals surface area contributed by atoms with Crippen LogP contribution in [-0.4, -0.2) is 37.3 Å². The van der Waals surface area contributed by atoms with Crippen molar-refractivity contribution in [2.75, 3.05) is 14.2 Å². The summed E-state index contributed by atoms with van der Waals surface area (Å²) in [5.41, 5.74) is 1.88. The lowest BCUT2D eigenvalue weighted by molar-refractivity contribution is -0.191. The molecule has 6 nitrogen and oxygen atoms in total. The average molecular weight is 368 g/mol. The van der Waals surface area contributed by atoms with Gasteiger partial charge in [0, 0.05) is 7.05 Å². The van der Waals surface area contributed by atoms with Gasteiger partial charge in [-0.15, -0.1) is 0 Å². The maximum Gasteiger partial charge on any atom is 0.277 e. The number of benzene rings is 2. The molecular formula is C21H24N2O4. The van der Waals surface area contributed by atoms with Crippen molar-refractivity contribution in [1.82, 2.24) is 5.06 Å². The Morgan fingerprint density at radius 3 is 2.00 bits per heavy atom. The Morgan fingerprint density at radius 2 is 1.52 bits per heavy atom. The predicted octanol–water partition coefficient (Wildman–Crippen LogP) is 3.09. The summed E-state index contributed by atoms with van der Waals surface area (Å²) >= 11 is 0. The quantitative estimate of drug-likeness (QED) is 0.603. The van der Waals surface area contributed by atoms with Gasteiger partial charge in [-0.2, -0.15) is 5.26 Å². The summed E-state index contributed by atoms with van der Waals surface area (Å²) in [5.74, 6) is -0.401. The zero-order valence-corrected chi connectivity index (χ0v) is 15.6. The van der Waals surface area contributed by atoms with Gasteiger partial charge in [-0.3, -0.25) is 9.63 Å². The van der Waals surface area contributed by atoms with Crippen molar-refractivity contribution in [3.63, 3.8) is 0 Å². The number of nitrogens with zero attached hydrogens (tertiary/aromatic N) is 2. The van der Waals surface area contributed by atoms with Gasteiger partial charge < -0.3 is 9.47 Å². The third-order valence-electron chi connectivity index (χ3n) is 4.04. The van der Waals surface area contributed by atoms with Gasteiger partial charge in [-0.05, 0) is 11.1 Å². The Bertz CT molecular complexity index is 731. The first-order chi connectivity index (χ1) is 13.2. The van der Waals surface area contributed by atoms with Gasteiger partial charge in [-0.1, -0.05) is 60.7 Å². The number of carbonyl (C=O) groups is 1. The smallest absolute Gasteiger partial charge is 0.277 e. The first-order valence-corrected chi connectivity index (χ1v) is 8.65. The highest BCUT2D eigenvalue weighted by atomic mass is 16.7. The summed E-state index contributed by atoms with van der Waals surface area (Å²) in [5, 5.41) is 10.3. The van der Waals surface area contributed by atoms with Crippen molar-refractivity contribution < 1.29 is 19.1 Å². The number of hydrogen-bond donors (Lipinski definition) is 0. The van der Waals surface area contributed by atoms with Gasteiger partial charge in [0.2, 0.25) is 0 Å². The summed E-state index contributed by atoms with van der Waals surface area (Å²) < 4.78 is 11.8. The van der Waals surface area contributed by atoms with E-state index in [2.05, 4.69) is 6.07 Å². The fourth-order valence-electron chi connectivity index (χ4n) is 2.49. The summed E-state index contributed by atoms with van der Waals surface area (Å²) in [4.78, 5) is 17.7. The molecule has 0 aromatic heterocycles. The molecule has 0 fully saturated rings. The second-order valence-electron chi connectivity index (χ2n) is 5.93. The Balaban J connectivity index is 2.12. The van der Waals surface area contributed by atoms with Gasteiger partial charge in [0.1, 0.15) is 6.10 Å². The van der Waals surface area contributed by atoms with E-state index < -0.39 is 18.1 Å². The van der Waals surface area contributed by atoms with Crippen molar-refractivity contribution in [2.24, 2.45) is 0 Å². The third-order valence-corrected chi connectivity index (χ3v) is 4.04. The number of rotatable bonds is 10. The van der Waals surface area contributed by atoms with Gasteiger partial charge in [0.05, 0.1) is 32.8 Å². The maximum absolute atomic E-state index is 12.7. The van der Waals surface area contributed by atoms with E-state index in [9.17, 15) is 10.1 Å². The lowest BCUT2D eigenvalue weighted by atomic mass is 10.1. The Morgan fingerprint density at radius 1 is 1.00 bits per heavy atom.